The van der Waals surface area contributed by atoms with Crippen molar-refractivity contribution in [2.24, 2.45) is 0 Å². The molecule has 6 heteroatoms. The number of rotatable bonds is 5. The topological polar surface area (TPSA) is 60.5 Å². The predicted molar refractivity (Wildman–Crippen MR) is 99.8 cm³/mol. The van der Waals surface area contributed by atoms with Gasteiger partial charge in [-0.1, -0.05) is 18.2 Å². The number of carbonyl (C=O) groups is 1. The van der Waals surface area contributed by atoms with E-state index in [1.165, 1.54) is 11.3 Å². The average molecular weight is 354 g/mol. The van der Waals surface area contributed by atoms with E-state index in [0.717, 1.165) is 22.6 Å². The number of nitrogens with one attached hydrogen (secondary N) is 1. The van der Waals surface area contributed by atoms with Gasteiger partial charge >= 0.3 is 0 Å². The lowest BCUT2D eigenvalue weighted by molar-refractivity contribution is 0.102. The van der Waals surface area contributed by atoms with E-state index in [1.807, 2.05) is 42.6 Å². The predicted octanol–water partition coefficient (Wildman–Crippen LogP) is 4.39. The van der Waals surface area contributed by atoms with Crippen LogP contribution in [0.4, 0.5) is 5.13 Å². The lowest BCUT2D eigenvalue weighted by Gasteiger charge is -2.07. The van der Waals surface area contributed by atoms with Crippen LogP contribution in [-0.2, 0) is 0 Å². The molecule has 2 aromatic carbocycles. The zero-order chi connectivity index (χ0) is 17.8. The molecule has 0 saturated carbocycles. The zero-order valence-corrected chi connectivity index (χ0v) is 15.0. The molecule has 0 bridgehead atoms. The third-order valence-electron chi connectivity index (χ3n) is 3.78. The largest absolute Gasteiger partial charge is 0.496 e. The summed E-state index contributed by atoms with van der Waals surface area (Å²) in [7, 11) is 3.21. The summed E-state index contributed by atoms with van der Waals surface area (Å²) in [6.45, 7) is 1.93. The highest BCUT2D eigenvalue weighted by Crippen LogP contribution is 2.32. The van der Waals surface area contributed by atoms with Crippen molar-refractivity contribution in [2.45, 2.75) is 6.92 Å². The first-order valence-electron chi connectivity index (χ1n) is 7.67. The number of nitrogens with zero attached hydrogens (tertiary/aromatic N) is 1. The van der Waals surface area contributed by atoms with E-state index in [0.29, 0.717) is 16.4 Å². The Morgan fingerprint density at radius 3 is 2.60 bits per heavy atom. The summed E-state index contributed by atoms with van der Waals surface area (Å²) in [5.74, 6) is 1.20. The first-order chi connectivity index (χ1) is 12.1. The molecular weight excluding hydrogens is 336 g/mol. The van der Waals surface area contributed by atoms with Crippen molar-refractivity contribution in [1.29, 1.82) is 0 Å². The number of anilines is 1. The molecule has 1 N–H and O–H groups in total. The lowest BCUT2D eigenvalue weighted by Crippen LogP contribution is -2.12. The fraction of sp³-hybridized carbons (Fsp3) is 0.158. The molecule has 0 aliphatic heterocycles. The first kappa shape index (κ1) is 17.0. The van der Waals surface area contributed by atoms with E-state index in [4.69, 9.17) is 9.47 Å². The number of methoxy groups -OCH3 is 2. The SMILES string of the molecule is COc1cc(C(=O)Nc2nc(-c3ccccc3OC)cs2)ccc1C. The van der Waals surface area contributed by atoms with Crippen LogP contribution in [0.5, 0.6) is 11.5 Å². The number of para-hydroxylation sites is 1. The summed E-state index contributed by atoms with van der Waals surface area (Å²) in [6.07, 6.45) is 0. The minimum atomic E-state index is -0.223. The van der Waals surface area contributed by atoms with Crippen LogP contribution in [0.25, 0.3) is 11.3 Å². The number of ether oxygens (including phenoxy) is 2. The van der Waals surface area contributed by atoms with Crippen LogP contribution < -0.4 is 14.8 Å². The van der Waals surface area contributed by atoms with Crippen LogP contribution in [0.2, 0.25) is 0 Å². The first-order valence-corrected chi connectivity index (χ1v) is 8.55. The smallest absolute Gasteiger partial charge is 0.257 e. The fourth-order valence-electron chi connectivity index (χ4n) is 2.44. The molecule has 0 unspecified atom stereocenters. The van der Waals surface area contributed by atoms with Gasteiger partial charge in [0.05, 0.1) is 19.9 Å². The summed E-state index contributed by atoms with van der Waals surface area (Å²) >= 11 is 1.37. The molecule has 5 nitrogen and oxygen atoms in total. The van der Waals surface area contributed by atoms with Crippen LogP contribution in [0.3, 0.4) is 0 Å². The monoisotopic (exact) mass is 354 g/mol. The molecule has 1 heterocycles. The summed E-state index contributed by atoms with van der Waals surface area (Å²) < 4.78 is 10.6. The molecule has 0 aliphatic carbocycles. The standard InChI is InChI=1S/C19H18N2O3S/c1-12-8-9-13(10-17(12)24-3)18(22)21-19-20-15(11-25-19)14-6-4-5-7-16(14)23-2/h4-11H,1-3H3,(H,20,21,22). The van der Waals surface area contributed by atoms with E-state index >= 15 is 0 Å². The Morgan fingerprint density at radius 1 is 1.08 bits per heavy atom. The molecule has 1 amide bonds. The van der Waals surface area contributed by atoms with Crippen LogP contribution in [0.1, 0.15) is 15.9 Å². The van der Waals surface area contributed by atoms with Crippen LogP contribution in [-0.4, -0.2) is 25.1 Å². The van der Waals surface area contributed by atoms with Gasteiger partial charge in [0.15, 0.2) is 5.13 Å². The maximum absolute atomic E-state index is 12.4. The number of amides is 1. The molecule has 0 radical (unpaired) electrons. The Labute approximate surface area is 150 Å². The minimum Gasteiger partial charge on any atom is -0.496 e. The number of benzene rings is 2. The highest BCUT2D eigenvalue weighted by molar-refractivity contribution is 7.14. The van der Waals surface area contributed by atoms with Crippen molar-refractivity contribution in [1.82, 2.24) is 4.98 Å². The third-order valence-corrected chi connectivity index (χ3v) is 4.54. The van der Waals surface area contributed by atoms with E-state index in [1.54, 1.807) is 26.4 Å². The van der Waals surface area contributed by atoms with Crippen molar-refractivity contribution in [3.63, 3.8) is 0 Å². The molecule has 0 saturated heterocycles. The summed E-state index contributed by atoms with van der Waals surface area (Å²) in [5, 5.41) is 5.25. The molecule has 1 aromatic heterocycles. The molecule has 128 valence electrons. The Morgan fingerprint density at radius 2 is 1.84 bits per heavy atom. The Kier molecular flexibility index (Phi) is 5.00. The van der Waals surface area contributed by atoms with Crippen molar-refractivity contribution in [3.8, 4) is 22.8 Å². The van der Waals surface area contributed by atoms with Gasteiger partial charge in [0, 0.05) is 16.5 Å². The Balaban J connectivity index is 1.80. The Hall–Kier alpha value is -2.86. The molecule has 3 rings (SSSR count). The van der Waals surface area contributed by atoms with E-state index < -0.39 is 0 Å². The average Bonchev–Trinajstić information content (AvgIpc) is 3.10. The number of hydrogen-bond donors (Lipinski definition) is 1. The molecule has 0 aliphatic rings. The highest BCUT2D eigenvalue weighted by Gasteiger charge is 2.13. The maximum atomic E-state index is 12.4. The number of hydrogen-bond acceptors (Lipinski definition) is 5. The van der Waals surface area contributed by atoms with Crippen LogP contribution in [0, 0.1) is 6.92 Å². The number of aromatic nitrogens is 1. The molecule has 25 heavy (non-hydrogen) atoms. The molecule has 0 fully saturated rings. The van der Waals surface area contributed by atoms with E-state index in [2.05, 4.69) is 10.3 Å². The van der Waals surface area contributed by atoms with Gasteiger partial charge in [0.2, 0.25) is 0 Å². The lowest BCUT2D eigenvalue weighted by atomic mass is 10.1. The summed E-state index contributed by atoms with van der Waals surface area (Å²) in [6, 6.07) is 13.0. The van der Waals surface area contributed by atoms with E-state index in [-0.39, 0.29) is 5.91 Å². The zero-order valence-electron chi connectivity index (χ0n) is 14.2. The van der Waals surface area contributed by atoms with Crippen molar-refractivity contribution in [2.75, 3.05) is 19.5 Å². The highest BCUT2D eigenvalue weighted by atomic mass is 32.1. The minimum absolute atomic E-state index is 0.223. The van der Waals surface area contributed by atoms with Gasteiger partial charge in [-0.2, -0.15) is 0 Å². The van der Waals surface area contributed by atoms with Gasteiger partial charge in [0.25, 0.3) is 5.91 Å². The van der Waals surface area contributed by atoms with Gasteiger partial charge in [-0.25, -0.2) is 4.98 Å². The van der Waals surface area contributed by atoms with Crippen molar-refractivity contribution >= 4 is 22.4 Å². The molecule has 3 aromatic rings. The molecular formula is C19H18N2O3S. The second-order valence-corrected chi connectivity index (χ2v) is 6.23. The van der Waals surface area contributed by atoms with Crippen molar-refractivity contribution < 1.29 is 14.3 Å². The second-order valence-electron chi connectivity index (χ2n) is 5.38. The molecule has 0 spiro atoms. The summed E-state index contributed by atoms with van der Waals surface area (Å²) in [4.78, 5) is 16.9. The third kappa shape index (κ3) is 3.64. The fourth-order valence-corrected chi connectivity index (χ4v) is 3.15. The van der Waals surface area contributed by atoms with Gasteiger partial charge in [-0.05, 0) is 36.8 Å². The van der Waals surface area contributed by atoms with Crippen molar-refractivity contribution in [3.05, 3.63) is 59.0 Å². The van der Waals surface area contributed by atoms with Gasteiger partial charge in [-0.15, -0.1) is 11.3 Å². The second kappa shape index (κ2) is 7.36. The van der Waals surface area contributed by atoms with E-state index in [9.17, 15) is 4.79 Å². The van der Waals surface area contributed by atoms with Gasteiger partial charge in [0.1, 0.15) is 11.5 Å². The number of carbonyl (C=O) groups excluding carboxylic acids is 1. The Bertz CT molecular complexity index is 905. The molecule has 0 atom stereocenters. The number of aryl methyl sites for hydroxylation is 1. The van der Waals surface area contributed by atoms with Crippen LogP contribution >= 0.6 is 11.3 Å². The number of thiazole rings is 1. The quantitative estimate of drug-likeness (QED) is 0.738. The summed E-state index contributed by atoms with van der Waals surface area (Å²) in [5.41, 5.74) is 3.15. The van der Waals surface area contributed by atoms with Crippen LogP contribution in [0.15, 0.2) is 47.8 Å². The van der Waals surface area contributed by atoms with Gasteiger partial charge < -0.3 is 9.47 Å². The normalized spacial score (nSPS) is 10.4. The van der Waals surface area contributed by atoms with Gasteiger partial charge in [-0.3, -0.25) is 10.1 Å². The maximum Gasteiger partial charge on any atom is 0.257 e.